The summed E-state index contributed by atoms with van der Waals surface area (Å²) in [4.78, 5) is 7.27. The van der Waals surface area contributed by atoms with Gasteiger partial charge in [0.2, 0.25) is 0 Å². The van der Waals surface area contributed by atoms with Gasteiger partial charge in [0.1, 0.15) is 0 Å². The van der Waals surface area contributed by atoms with Crippen LogP contribution in [0.4, 0.5) is 5.13 Å². The van der Waals surface area contributed by atoms with E-state index in [-0.39, 0.29) is 0 Å². The van der Waals surface area contributed by atoms with Gasteiger partial charge < -0.3 is 10.2 Å². The van der Waals surface area contributed by atoms with Crippen molar-refractivity contribution >= 4 is 16.5 Å². The molecule has 1 heterocycles. The molecule has 0 unspecified atom stereocenters. The standard InChI is InChI=1S/C14H25N3S/c1-4-7-17(13-5-6-13)14-16-12(10-18-14)9-15-8-11(2)3/h10-11,13,15H,4-9H2,1-3H3. The fraction of sp³-hybridized carbons (Fsp3) is 0.786. The highest BCUT2D eigenvalue weighted by molar-refractivity contribution is 7.13. The van der Waals surface area contributed by atoms with E-state index >= 15 is 0 Å². The molecule has 0 radical (unpaired) electrons. The topological polar surface area (TPSA) is 28.2 Å². The third-order valence-electron chi connectivity index (χ3n) is 3.10. The first-order valence-corrected chi connectivity index (χ1v) is 8.00. The van der Waals surface area contributed by atoms with Gasteiger partial charge in [-0.05, 0) is 31.7 Å². The SMILES string of the molecule is CCCN(c1nc(CNCC(C)C)cs1)C1CC1. The van der Waals surface area contributed by atoms with Crippen LogP contribution in [0.2, 0.25) is 0 Å². The Bertz CT molecular complexity index is 358. The van der Waals surface area contributed by atoms with Crippen LogP contribution in [0.25, 0.3) is 0 Å². The lowest BCUT2D eigenvalue weighted by Crippen LogP contribution is -2.26. The summed E-state index contributed by atoms with van der Waals surface area (Å²) in [5.74, 6) is 0.700. The Morgan fingerprint density at radius 2 is 2.28 bits per heavy atom. The maximum absolute atomic E-state index is 4.77. The predicted octanol–water partition coefficient (Wildman–Crippen LogP) is 3.27. The molecule has 1 aliphatic rings. The van der Waals surface area contributed by atoms with Gasteiger partial charge in [-0.1, -0.05) is 20.8 Å². The number of anilines is 1. The van der Waals surface area contributed by atoms with E-state index in [0.29, 0.717) is 5.92 Å². The number of thiazole rings is 1. The molecule has 18 heavy (non-hydrogen) atoms. The van der Waals surface area contributed by atoms with Crippen molar-refractivity contribution in [1.82, 2.24) is 10.3 Å². The summed E-state index contributed by atoms with van der Waals surface area (Å²) in [6.07, 6.45) is 3.90. The van der Waals surface area contributed by atoms with E-state index in [0.717, 1.165) is 25.7 Å². The van der Waals surface area contributed by atoms with Crippen molar-refractivity contribution in [2.24, 2.45) is 5.92 Å². The highest BCUT2D eigenvalue weighted by Crippen LogP contribution is 2.33. The van der Waals surface area contributed by atoms with Crippen LogP contribution in [0.15, 0.2) is 5.38 Å². The van der Waals surface area contributed by atoms with Gasteiger partial charge in [0.15, 0.2) is 5.13 Å². The molecule has 0 aromatic carbocycles. The Kier molecular flexibility index (Phi) is 5.01. The maximum atomic E-state index is 4.77. The van der Waals surface area contributed by atoms with Crippen molar-refractivity contribution in [3.63, 3.8) is 0 Å². The van der Waals surface area contributed by atoms with E-state index in [1.54, 1.807) is 11.3 Å². The molecule has 0 aliphatic heterocycles. The first-order chi connectivity index (χ1) is 8.70. The Morgan fingerprint density at radius 3 is 2.89 bits per heavy atom. The fourth-order valence-electron chi connectivity index (χ4n) is 2.06. The summed E-state index contributed by atoms with van der Waals surface area (Å²) in [6, 6.07) is 0.771. The van der Waals surface area contributed by atoms with Gasteiger partial charge in [0, 0.05) is 24.5 Å². The third kappa shape index (κ3) is 3.95. The summed E-state index contributed by atoms with van der Waals surface area (Å²) < 4.78 is 0. The Labute approximate surface area is 115 Å². The highest BCUT2D eigenvalue weighted by atomic mass is 32.1. The first kappa shape index (κ1) is 13.8. The molecule has 3 nitrogen and oxygen atoms in total. The minimum absolute atomic E-state index is 0.700. The second-order valence-electron chi connectivity index (χ2n) is 5.57. The number of nitrogens with one attached hydrogen (secondary N) is 1. The molecule has 0 saturated heterocycles. The van der Waals surface area contributed by atoms with Crippen molar-refractivity contribution in [3.05, 3.63) is 11.1 Å². The van der Waals surface area contributed by atoms with Gasteiger partial charge in [0.25, 0.3) is 0 Å². The van der Waals surface area contributed by atoms with Gasteiger partial charge in [-0.25, -0.2) is 4.98 Å². The lowest BCUT2D eigenvalue weighted by Gasteiger charge is -2.20. The van der Waals surface area contributed by atoms with Crippen LogP contribution < -0.4 is 10.2 Å². The summed E-state index contributed by atoms with van der Waals surface area (Å²) in [5.41, 5.74) is 1.19. The summed E-state index contributed by atoms with van der Waals surface area (Å²) in [7, 11) is 0. The average molecular weight is 267 g/mol. The number of rotatable bonds is 8. The fourth-order valence-corrected chi connectivity index (χ4v) is 2.98. The minimum atomic E-state index is 0.700. The number of hydrogen-bond acceptors (Lipinski definition) is 4. The van der Waals surface area contributed by atoms with E-state index < -0.39 is 0 Å². The van der Waals surface area contributed by atoms with Crippen LogP contribution in [0, 0.1) is 5.92 Å². The molecule has 0 atom stereocenters. The van der Waals surface area contributed by atoms with E-state index in [9.17, 15) is 0 Å². The van der Waals surface area contributed by atoms with Crippen LogP contribution >= 0.6 is 11.3 Å². The van der Waals surface area contributed by atoms with Gasteiger partial charge in [-0.3, -0.25) is 0 Å². The zero-order chi connectivity index (χ0) is 13.0. The van der Waals surface area contributed by atoms with Crippen LogP contribution in [0.5, 0.6) is 0 Å². The van der Waals surface area contributed by atoms with E-state index in [2.05, 4.69) is 36.4 Å². The molecule has 0 bridgehead atoms. The van der Waals surface area contributed by atoms with Gasteiger partial charge >= 0.3 is 0 Å². The molecule has 1 saturated carbocycles. The normalized spacial score (nSPS) is 15.3. The Morgan fingerprint density at radius 1 is 1.50 bits per heavy atom. The molecule has 1 aliphatic carbocycles. The first-order valence-electron chi connectivity index (χ1n) is 7.12. The molecule has 2 rings (SSSR count). The van der Waals surface area contributed by atoms with E-state index in [4.69, 9.17) is 4.98 Å². The monoisotopic (exact) mass is 267 g/mol. The zero-order valence-corrected chi connectivity index (χ0v) is 12.6. The molecule has 0 spiro atoms. The molecule has 1 N–H and O–H groups in total. The molecule has 1 aromatic rings. The van der Waals surface area contributed by atoms with Gasteiger partial charge in [0.05, 0.1) is 5.69 Å². The van der Waals surface area contributed by atoms with Crippen molar-refractivity contribution in [1.29, 1.82) is 0 Å². The molecule has 0 amide bonds. The van der Waals surface area contributed by atoms with Crippen molar-refractivity contribution in [2.75, 3.05) is 18.0 Å². The number of hydrogen-bond donors (Lipinski definition) is 1. The lowest BCUT2D eigenvalue weighted by molar-refractivity contribution is 0.549. The molecule has 102 valence electrons. The summed E-state index contributed by atoms with van der Waals surface area (Å²) in [6.45, 7) is 9.82. The zero-order valence-electron chi connectivity index (χ0n) is 11.8. The summed E-state index contributed by atoms with van der Waals surface area (Å²) >= 11 is 1.80. The average Bonchev–Trinajstić information content (AvgIpc) is 3.06. The minimum Gasteiger partial charge on any atom is -0.345 e. The highest BCUT2D eigenvalue weighted by Gasteiger charge is 2.30. The van der Waals surface area contributed by atoms with Crippen LogP contribution in [-0.4, -0.2) is 24.1 Å². The van der Waals surface area contributed by atoms with Crippen molar-refractivity contribution in [2.45, 2.75) is 52.6 Å². The largest absolute Gasteiger partial charge is 0.345 e. The second kappa shape index (κ2) is 6.53. The molecular weight excluding hydrogens is 242 g/mol. The van der Waals surface area contributed by atoms with E-state index in [1.807, 2.05) is 0 Å². The Hall–Kier alpha value is -0.610. The Balaban J connectivity index is 1.87. The van der Waals surface area contributed by atoms with Crippen molar-refractivity contribution in [3.8, 4) is 0 Å². The van der Waals surface area contributed by atoms with Crippen LogP contribution in [0.1, 0.15) is 45.7 Å². The lowest BCUT2D eigenvalue weighted by atomic mass is 10.2. The summed E-state index contributed by atoms with van der Waals surface area (Å²) in [5, 5.41) is 6.88. The quantitative estimate of drug-likeness (QED) is 0.783. The van der Waals surface area contributed by atoms with Crippen LogP contribution in [-0.2, 0) is 6.54 Å². The molecule has 4 heteroatoms. The molecular formula is C14H25N3S. The number of aromatic nitrogens is 1. The smallest absolute Gasteiger partial charge is 0.185 e. The molecule has 1 aromatic heterocycles. The van der Waals surface area contributed by atoms with Gasteiger partial charge in [-0.15, -0.1) is 11.3 Å². The van der Waals surface area contributed by atoms with Crippen molar-refractivity contribution < 1.29 is 0 Å². The molecule has 1 fully saturated rings. The predicted molar refractivity (Wildman–Crippen MR) is 79.3 cm³/mol. The second-order valence-corrected chi connectivity index (χ2v) is 6.41. The van der Waals surface area contributed by atoms with E-state index in [1.165, 1.54) is 30.1 Å². The maximum Gasteiger partial charge on any atom is 0.185 e. The number of nitrogens with zero attached hydrogens (tertiary/aromatic N) is 2. The van der Waals surface area contributed by atoms with Gasteiger partial charge in [-0.2, -0.15) is 0 Å². The third-order valence-corrected chi connectivity index (χ3v) is 4.02. The van der Waals surface area contributed by atoms with Crippen LogP contribution in [0.3, 0.4) is 0 Å².